The molecule has 3 N–H and O–H groups in total. The van der Waals surface area contributed by atoms with E-state index in [0.717, 1.165) is 17.7 Å². The summed E-state index contributed by atoms with van der Waals surface area (Å²) in [5.74, 6) is -0.512. The van der Waals surface area contributed by atoms with Gasteiger partial charge in [-0.1, -0.05) is 30.3 Å². The predicted octanol–water partition coefficient (Wildman–Crippen LogP) is 2.57. The maximum atomic E-state index is 13.0. The summed E-state index contributed by atoms with van der Waals surface area (Å²) in [5.41, 5.74) is 6.78. The number of nitrogens with one attached hydrogen (secondary N) is 1. The van der Waals surface area contributed by atoms with Crippen LogP contribution in [0.3, 0.4) is 0 Å². The van der Waals surface area contributed by atoms with E-state index in [4.69, 9.17) is 5.73 Å². The van der Waals surface area contributed by atoms with Crippen LogP contribution in [0.5, 0.6) is 0 Å². The maximum absolute atomic E-state index is 13.0. The lowest BCUT2D eigenvalue weighted by Crippen LogP contribution is -2.32. The van der Waals surface area contributed by atoms with Crippen molar-refractivity contribution in [3.05, 3.63) is 64.4 Å². The SMILES string of the molecule is NC(CNS(=O)(=O)c1ccc(F)cc1Br)c1ccccc1. The maximum Gasteiger partial charge on any atom is 0.241 e. The van der Waals surface area contributed by atoms with E-state index in [1.54, 1.807) is 0 Å². The molecule has 0 radical (unpaired) electrons. The zero-order chi connectivity index (χ0) is 15.5. The van der Waals surface area contributed by atoms with Gasteiger partial charge in [-0.2, -0.15) is 0 Å². The Balaban J connectivity index is 2.11. The summed E-state index contributed by atoms with van der Waals surface area (Å²) in [6.07, 6.45) is 0. The average Bonchev–Trinajstić information content (AvgIpc) is 2.45. The van der Waals surface area contributed by atoms with Crippen molar-refractivity contribution in [2.45, 2.75) is 10.9 Å². The molecule has 0 saturated carbocycles. The third-order valence-electron chi connectivity index (χ3n) is 2.90. The molecule has 0 spiro atoms. The number of halogens is 2. The zero-order valence-electron chi connectivity index (χ0n) is 11.0. The molecule has 1 unspecified atom stereocenters. The fraction of sp³-hybridized carbons (Fsp3) is 0.143. The highest BCUT2D eigenvalue weighted by Crippen LogP contribution is 2.22. The fourth-order valence-electron chi connectivity index (χ4n) is 1.79. The third-order valence-corrected chi connectivity index (χ3v) is 5.30. The molecule has 2 rings (SSSR count). The molecule has 0 fully saturated rings. The van der Waals surface area contributed by atoms with E-state index in [-0.39, 0.29) is 15.9 Å². The Morgan fingerprint density at radius 2 is 1.86 bits per heavy atom. The van der Waals surface area contributed by atoms with Gasteiger partial charge < -0.3 is 5.73 Å². The van der Waals surface area contributed by atoms with Crippen molar-refractivity contribution in [3.63, 3.8) is 0 Å². The van der Waals surface area contributed by atoms with Crippen molar-refractivity contribution >= 4 is 26.0 Å². The summed E-state index contributed by atoms with van der Waals surface area (Å²) in [7, 11) is -3.75. The monoisotopic (exact) mass is 372 g/mol. The van der Waals surface area contributed by atoms with Gasteiger partial charge in [0.25, 0.3) is 0 Å². The Hall–Kier alpha value is -1.28. The predicted molar refractivity (Wildman–Crippen MR) is 82.7 cm³/mol. The molecular formula is C14H14BrFN2O2S. The first-order valence-electron chi connectivity index (χ1n) is 6.15. The van der Waals surface area contributed by atoms with Crippen LogP contribution < -0.4 is 10.5 Å². The minimum Gasteiger partial charge on any atom is -0.323 e. The second-order valence-corrected chi connectivity index (χ2v) is 7.03. The first-order chi connectivity index (χ1) is 9.90. The quantitative estimate of drug-likeness (QED) is 0.846. The summed E-state index contributed by atoms with van der Waals surface area (Å²) < 4.78 is 40.0. The van der Waals surface area contributed by atoms with Gasteiger partial charge in [0.1, 0.15) is 5.82 Å². The molecular weight excluding hydrogens is 359 g/mol. The smallest absolute Gasteiger partial charge is 0.241 e. The van der Waals surface area contributed by atoms with Gasteiger partial charge in [0.05, 0.1) is 4.90 Å². The molecule has 0 saturated heterocycles. The molecule has 0 amide bonds. The van der Waals surface area contributed by atoms with Crippen LogP contribution in [-0.4, -0.2) is 15.0 Å². The van der Waals surface area contributed by atoms with Gasteiger partial charge in [-0.3, -0.25) is 0 Å². The van der Waals surface area contributed by atoms with Gasteiger partial charge in [-0.25, -0.2) is 17.5 Å². The summed E-state index contributed by atoms with van der Waals surface area (Å²) in [4.78, 5) is -0.0239. The van der Waals surface area contributed by atoms with Gasteiger partial charge in [0.15, 0.2) is 0 Å². The lowest BCUT2D eigenvalue weighted by atomic mass is 10.1. The summed E-state index contributed by atoms with van der Waals surface area (Å²) in [6, 6.07) is 12.1. The second kappa shape index (κ2) is 6.65. The van der Waals surface area contributed by atoms with E-state index < -0.39 is 21.9 Å². The van der Waals surface area contributed by atoms with Crippen molar-refractivity contribution in [3.8, 4) is 0 Å². The molecule has 0 heterocycles. The highest BCUT2D eigenvalue weighted by Gasteiger charge is 2.19. The summed E-state index contributed by atoms with van der Waals surface area (Å²) >= 11 is 3.04. The van der Waals surface area contributed by atoms with E-state index in [2.05, 4.69) is 20.7 Å². The fourth-order valence-corrected chi connectivity index (χ4v) is 3.90. The van der Waals surface area contributed by atoms with Gasteiger partial charge in [-0.15, -0.1) is 0 Å². The molecule has 0 bridgehead atoms. The van der Waals surface area contributed by atoms with E-state index >= 15 is 0 Å². The molecule has 2 aromatic carbocycles. The van der Waals surface area contributed by atoms with Crippen molar-refractivity contribution in [2.24, 2.45) is 5.73 Å². The molecule has 7 heteroatoms. The van der Waals surface area contributed by atoms with Gasteiger partial charge in [0, 0.05) is 17.1 Å². The van der Waals surface area contributed by atoms with Crippen LogP contribution in [-0.2, 0) is 10.0 Å². The number of hydrogen-bond acceptors (Lipinski definition) is 3. The highest BCUT2D eigenvalue weighted by atomic mass is 79.9. The molecule has 0 aliphatic carbocycles. The first-order valence-corrected chi connectivity index (χ1v) is 8.43. The van der Waals surface area contributed by atoms with Crippen molar-refractivity contribution < 1.29 is 12.8 Å². The molecule has 0 aromatic heterocycles. The Kier molecular flexibility index (Phi) is 5.10. The number of nitrogens with two attached hydrogens (primary N) is 1. The van der Waals surface area contributed by atoms with E-state index in [0.29, 0.717) is 0 Å². The van der Waals surface area contributed by atoms with Gasteiger partial charge >= 0.3 is 0 Å². The molecule has 112 valence electrons. The first kappa shape index (κ1) is 16.1. The highest BCUT2D eigenvalue weighted by molar-refractivity contribution is 9.10. The van der Waals surface area contributed by atoms with Crippen LogP contribution in [0, 0.1) is 5.82 Å². The summed E-state index contributed by atoms with van der Waals surface area (Å²) in [6.45, 7) is 0.0517. The standard InChI is InChI=1S/C14H14BrFN2O2S/c15-12-8-11(16)6-7-14(12)21(19,20)18-9-13(17)10-4-2-1-3-5-10/h1-8,13,18H,9,17H2. The molecule has 21 heavy (non-hydrogen) atoms. The Morgan fingerprint density at radius 3 is 2.48 bits per heavy atom. The second-order valence-electron chi connectivity index (χ2n) is 4.44. The zero-order valence-corrected chi connectivity index (χ0v) is 13.4. The Morgan fingerprint density at radius 1 is 1.19 bits per heavy atom. The Bertz CT molecular complexity index is 723. The van der Waals surface area contributed by atoms with E-state index in [9.17, 15) is 12.8 Å². The number of benzene rings is 2. The largest absolute Gasteiger partial charge is 0.323 e. The minimum atomic E-state index is -3.75. The molecule has 1 atom stereocenters. The molecule has 0 aliphatic heterocycles. The normalized spacial score (nSPS) is 13.1. The number of sulfonamides is 1. The van der Waals surface area contributed by atoms with Crippen LogP contribution in [0.25, 0.3) is 0 Å². The Labute approximate surface area is 131 Å². The number of hydrogen-bond donors (Lipinski definition) is 2. The van der Waals surface area contributed by atoms with Crippen LogP contribution >= 0.6 is 15.9 Å². The lowest BCUT2D eigenvalue weighted by molar-refractivity contribution is 0.571. The van der Waals surface area contributed by atoms with E-state index in [1.807, 2.05) is 30.3 Å². The van der Waals surface area contributed by atoms with Crippen LogP contribution in [0.1, 0.15) is 11.6 Å². The van der Waals surface area contributed by atoms with Crippen molar-refractivity contribution in [1.82, 2.24) is 4.72 Å². The molecule has 0 aliphatic rings. The summed E-state index contributed by atoms with van der Waals surface area (Å²) in [5, 5.41) is 0. The number of rotatable bonds is 5. The van der Waals surface area contributed by atoms with Gasteiger partial charge in [0.2, 0.25) is 10.0 Å². The average molecular weight is 373 g/mol. The topological polar surface area (TPSA) is 72.2 Å². The minimum absolute atomic E-state index is 0.0239. The van der Waals surface area contributed by atoms with Crippen LogP contribution in [0.2, 0.25) is 0 Å². The van der Waals surface area contributed by atoms with E-state index in [1.165, 1.54) is 6.07 Å². The van der Waals surface area contributed by atoms with Gasteiger partial charge in [-0.05, 0) is 39.7 Å². The van der Waals surface area contributed by atoms with Crippen molar-refractivity contribution in [1.29, 1.82) is 0 Å². The molecule has 2 aromatic rings. The van der Waals surface area contributed by atoms with Crippen LogP contribution in [0.4, 0.5) is 4.39 Å². The van der Waals surface area contributed by atoms with Crippen molar-refractivity contribution in [2.75, 3.05) is 6.54 Å². The third kappa shape index (κ3) is 4.10. The lowest BCUT2D eigenvalue weighted by Gasteiger charge is -2.14. The molecule has 4 nitrogen and oxygen atoms in total. The van der Waals surface area contributed by atoms with Crippen LogP contribution in [0.15, 0.2) is 57.9 Å².